The van der Waals surface area contributed by atoms with Crippen molar-refractivity contribution in [2.24, 2.45) is 0 Å². The second-order valence-electron chi connectivity index (χ2n) is 5.51. The fraction of sp³-hybridized carbons (Fsp3) is 0.400. The van der Waals surface area contributed by atoms with Gasteiger partial charge < -0.3 is 16.2 Å². The van der Waals surface area contributed by atoms with Crippen molar-refractivity contribution in [3.63, 3.8) is 0 Å². The number of aryl methyl sites for hydroxylation is 2. The molecule has 0 saturated carbocycles. The van der Waals surface area contributed by atoms with Gasteiger partial charge in [-0.05, 0) is 6.92 Å². The van der Waals surface area contributed by atoms with Crippen LogP contribution in [0.3, 0.4) is 0 Å². The molecule has 0 aliphatic carbocycles. The SMILES string of the molecule is Cc1cc(NCCCn2cc[n+](CCO)c2)n2ncc(N)c2n1.Cl.Cl. The van der Waals surface area contributed by atoms with Crippen molar-refractivity contribution >= 4 is 42.0 Å². The van der Waals surface area contributed by atoms with Crippen LogP contribution in [0.4, 0.5) is 11.5 Å². The molecule has 4 N–H and O–H groups in total. The lowest BCUT2D eigenvalue weighted by molar-refractivity contribution is -0.697. The van der Waals surface area contributed by atoms with Crippen molar-refractivity contribution in [3.8, 4) is 0 Å². The Balaban J connectivity index is 0.00000156. The highest BCUT2D eigenvalue weighted by atomic mass is 35.5. The van der Waals surface area contributed by atoms with E-state index >= 15 is 0 Å². The molecule has 0 amide bonds. The number of nitrogens with zero attached hydrogens (tertiary/aromatic N) is 5. The van der Waals surface area contributed by atoms with Crippen molar-refractivity contribution in [3.05, 3.63) is 36.7 Å². The molecule has 0 aromatic carbocycles. The number of rotatable bonds is 7. The fourth-order valence-electron chi connectivity index (χ4n) is 2.52. The number of anilines is 2. The summed E-state index contributed by atoms with van der Waals surface area (Å²) in [6.07, 6.45) is 8.56. The number of aromatic nitrogens is 5. The highest BCUT2D eigenvalue weighted by Gasteiger charge is 2.08. The van der Waals surface area contributed by atoms with E-state index in [1.54, 1.807) is 10.7 Å². The third-order valence-electron chi connectivity index (χ3n) is 3.63. The Morgan fingerprint density at radius 3 is 2.92 bits per heavy atom. The molecule has 0 aliphatic rings. The van der Waals surface area contributed by atoms with E-state index in [0.717, 1.165) is 31.0 Å². The lowest BCUT2D eigenvalue weighted by atomic mass is 10.3. The lowest BCUT2D eigenvalue weighted by Crippen LogP contribution is -2.32. The average molecular weight is 389 g/mol. The van der Waals surface area contributed by atoms with Gasteiger partial charge in [-0.2, -0.15) is 9.61 Å². The van der Waals surface area contributed by atoms with Crippen LogP contribution in [-0.2, 0) is 13.1 Å². The molecular formula is C15H24Cl2N7O+. The molecule has 0 unspecified atom stereocenters. The molecule has 138 valence electrons. The molecule has 0 radical (unpaired) electrons. The minimum absolute atomic E-state index is 0. The van der Waals surface area contributed by atoms with E-state index in [4.69, 9.17) is 10.8 Å². The first kappa shape index (κ1) is 21.0. The zero-order valence-corrected chi connectivity index (χ0v) is 15.6. The van der Waals surface area contributed by atoms with Crippen LogP contribution in [0.25, 0.3) is 5.65 Å². The summed E-state index contributed by atoms with van der Waals surface area (Å²) in [5, 5.41) is 16.6. The number of nitrogens with one attached hydrogen (secondary N) is 1. The van der Waals surface area contributed by atoms with Crippen molar-refractivity contribution in [2.75, 3.05) is 24.2 Å². The number of nitrogen functional groups attached to an aromatic ring is 1. The number of nitrogens with two attached hydrogens (primary N) is 1. The smallest absolute Gasteiger partial charge is 0.243 e. The normalized spacial score (nSPS) is 10.3. The maximum Gasteiger partial charge on any atom is 0.243 e. The second-order valence-corrected chi connectivity index (χ2v) is 5.51. The molecule has 0 fully saturated rings. The van der Waals surface area contributed by atoms with Crippen molar-refractivity contribution in [1.82, 2.24) is 19.2 Å². The highest BCUT2D eigenvalue weighted by Crippen LogP contribution is 2.16. The topological polar surface area (TPSA) is 97.3 Å². The molecule has 3 heterocycles. The summed E-state index contributed by atoms with van der Waals surface area (Å²) in [5.41, 5.74) is 8.04. The van der Waals surface area contributed by atoms with Gasteiger partial charge >= 0.3 is 0 Å². The molecule has 0 aliphatic heterocycles. The summed E-state index contributed by atoms with van der Waals surface area (Å²) in [7, 11) is 0. The Hall–Kier alpha value is -2.03. The van der Waals surface area contributed by atoms with Gasteiger partial charge in [0.2, 0.25) is 6.33 Å². The standard InChI is InChI=1S/C15H22N7O.2ClH/c1-12-9-14(22-15(19-12)13(16)10-18-22)17-3-2-4-20-5-6-21(11-20)7-8-23;;/h5-6,9-11,17,23H,2-4,7-8,16H2,1H3;2*1H/q+1;;. The number of hydrogen-bond acceptors (Lipinski definition) is 5. The van der Waals surface area contributed by atoms with Crippen LogP contribution in [0, 0.1) is 6.92 Å². The first-order chi connectivity index (χ1) is 11.2. The van der Waals surface area contributed by atoms with Crippen molar-refractivity contribution < 1.29 is 9.67 Å². The minimum Gasteiger partial charge on any atom is -0.394 e. The molecule has 25 heavy (non-hydrogen) atoms. The Morgan fingerprint density at radius 1 is 1.36 bits per heavy atom. The average Bonchev–Trinajstić information content (AvgIpc) is 3.12. The van der Waals surface area contributed by atoms with Gasteiger partial charge in [-0.25, -0.2) is 14.1 Å². The maximum atomic E-state index is 8.92. The van der Waals surface area contributed by atoms with Crippen LogP contribution >= 0.6 is 24.8 Å². The number of fused-ring (bicyclic) bond motifs is 1. The Labute approximate surface area is 158 Å². The van der Waals surface area contributed by atoms with E-state index in [1.807, 2.05) is 36.3 Å². The zero-order valence-electron chi connectivity index (χ0n) is 14.0. The predicted molar refractivity (Wildman–Crippen MR) is 101 cm³/mol. The maximum absolute atomic E-state index is 8.92. The summed E-state index contributed by atoms with van der Waals surface area (Å²) >= 11 is 0. The van der Waals surface area contributed by atoms with E-state index in [-0.39, 0.29) is 31.4 Å². The third-order valence-corrected chi connectivity index (χ3v) is 3.63. The molecular weight excluding hydrogens is 365 g/mol. The number of aliphatic hydroxyl groups excluding tert-OH is 1. The van der Waals surface area contributed by atoms with Gasteiger partial charge in [0.1, 0.15) is 24.8 Å². The summed E-state index contributed by atoms with van der Waals surface area (Å²) in [6.45, 7) is 4.44. The van der Waals surface area contributed by atoms with Gasteiger partial charge in [0.05, 0.1) is 25.0 Å². The quantitative estimate of drug-likeness (QED) is 0.415. The number of aliphatic hydroxyl groups is 1. The Morgan fingerprint density at radius 2 is 2.16 bits per heavy atom. The number of hydrogen-bond donors (Lipinski definition) is 3. The van der Waals surface area contributed by atoms with E-state index < -0.39 is 0 Å². The van der Waals surface area contributed by atoms with Crippen LogP contribution in [0.15, 0.2) is 31.0 Å². The fourth-order valence-corrected chi connectivity index (χ4v) is 2.52. The molecule has 3 aromatic heterocycles. The molecule has 0 bridgehead atoms. The van der Waals surface area contributed by atoms with Crippen LogP contribution < -0.4 is 15.6 Å². The predicted octanol–water partition coefficient (Wildman–Crippen LogP) is 1.05. The molecule has 0 spiro atoms. The lowest BCUT2D eigenvalue weighted by Gasteiger charge is -2.08. The summed E-state index contributed by atoms with van der Waals surface area (Å²) < 4.78 is 5.81. The first-order valence-corrected chi connectivity index (χ1v) is 7.68. The first-order valence-electron chi connectivity index (χ1n) is 7.68. The van der Waals surface area contributed by atoms with Gasteiger partial charge in [0.15, 0.2) is 5.65 Å². The number of imidazole rings is 1. The minimum atomic E-state index is 0. The van der Waals surface area contributed by atoms with Crippen molar-refractivity contribution in [1.29, 1.82) is 0 Å². The monoisotopic (exact) mass is 388 g/mol. The van der Waals surface area contributed by atoms with E-state index in [1.165, 1.54) is 0 Å². The van der Waals surface area contributed by atoms with E-state index in [2.05, 4.69) is 20.0 Å². The Kier molecular flexibility index (Phi) is 7.95. The molecule has 0 saturated heterocycles. The van der Waals surface area contributed by atoms with Crippen LogP contribution in [0.1, 0.15) is 12.1 Å². The van der Waals surface area contributed by atoms with Crippen LogP contribution in [0.2, 0.25) is 0 Å². The van der Waals surface area contributed by atoms with Gasteiger partial charge in [-0.3, -0.25) is 0 Å². The molecule has 0 atom stereocenters. The highest BCUT2D eigenvalue weighted by molar-refractivity contribution is 5.85. The molecule has 8 nitrogen and oxygen atoms in total. The largest absolute Gasteiger partial charge is 0.394 e. The zero-order chi connectivity index (χ0) is 16.2. The third kappa shape index (κ3) is 4.97. The van der Waals surface area contributed by atoms with Gasteiger partial charge in [-0.15, -0.1) is 24.8 Å². The second kappa shape index (κ2) is 9.45. The van der Waals surface area contributed by atoms with E-state index in [0.29, 0.717) is 17.9 Å². The summed E-state index contributed by atoms with van der Waals surface area (Å²) in [6, 6.07) is 1.96. The Bertz CT molecular complexity index is 802. The molecule has 3 aromatic rings. The van der Waals surface area contributed by atoms with Crippen LogP contribution in [0.5, 0.6) is 0 Å². The van der Waals surface area contributed by atoms with Crippen molar-refractivity contribution in [2.45, 2.75) is 26.4 Å². The van der Waals surface area contributed by atoms with Gasteiger partial charge in [0, 0.05) is 24.7 Å². The molecule has 3 rings (SSSR count). The molecule has 10 heteroatoms. The van der Waals surface area contributed by atoms with E-state index in [9.17, 15) is 0 Å². The summed E-state index contributed by atoms with van der Waals surface area (Å²) in [5.74, 6) is 0.895. The van der Waals surface area contributed by atoms with Gasteiger partial charge in [0.25, 0.3) is 0 Å². The number of halogens is 2. The van der Waals surface area contributed by atoms with Crippen LogP contribution in [-0.4, -0.2) is 37.4 Å². The summed E-state index contributed by atoms with van der Waals surface area (Å²) in [4.78, 5) is 4.40. The van der Waals surface area contributed by atoms with Gasteiger partial charge in [-0.1, -0.05) is 0 Å².